The highest BCUT2D eigenvalue weighted by Crippen LogP contribution is 2.25. The normalized spacial score (nSPS) is 15.2. The summed E-state index contributed by atoms with van der Waals surface area (Å²) >= 11 is 0. The Morgan fingerprint density at radius 1 is 1.37 bits per heavy atom. The van der Waals surface area contributed by atoms with Gasteiger partial charge in [-0.15, -0.1) is 0 Å². The van der Waals surface area contributed by atoms with Gasteiger partial charge in [-0.2, -0.15) is 13.2 Å². The van der Waals surface area contributed by atoms with Gasteiger partial charge in [-0.05, 0) is 20.8 Å². The van der Waals surface area contributed by atoms with E-state index in [2.05, 4.69) is 15.8 Å². The molecule has 0 saturated carbocycles. The topological polar surface area (TPSA) is 99.7 Å². The van der Waals surface area contributed by atoms with Crippen molar-refractivity contribution in [2.45, 2.75) is 32.5 Å². The number of nitrogens with zero attached hydrogens (tertiary/aromatic N) is 1. The summed E-state index contributed by atoms with van der Waals surface area (Å²) in [5, 5.41) is 15.5. The lowest BCUT2D eigenvalue weighted by Crippen LogP contribution is -2.48. The Kier molecular flexibility index (Phi) is 6.07. The maximum Gasteiger partial charge on any atom is 0.400 e. The van der Waals surface area contributed by atoms with Crippen LogP contribution in [0.25, 0.3) is 0 Å². The summed E-state index contributed by atoms with van der Waals surface area (Å²) in [6, 6.07) is 0. The Bertz CT molecular complexity index is 337. The second kappa shape index (κ2) is 6.60. The summed E-state index contributed by atoms with van der Waals surface area (Å²) < 4.78 is 37.6. The van der Waals surface area contributed by atoms with Gasteiger partial charge in [0.2, 0.25) is 5.91 Å². The van der Waals surface area contributed by atoms with Gasteiger partial charge in [-0.1, -0.05) is 5.16 Å². The van der Waals surface area contributed by atoms with Crippen molar-refractivity contribution in [3.8, 4) is 0 Å². The minimum Gasteiger partial charge on any atom is -0.409 e. The number of carbonyl (C=O) groups excluding carboxylic acids is 1. The second-order valence-electron chi connectivity index (χ2n) is 5.05. The number of hydrogen-bond acceptors (Lipinski definition) is 4. The van der Waals surface area contributed by atoms with Crippen molar-refractivity contribution in [3.63, 3.8) is 0 Å². The molecule has 0 rings (SSSR count). The Balaban J connectivity index is 4.33. The van der Waals surface area contributed by atoms with Gasteiger partial charge in [0, 0.05) is 12.1 Å². The van der Waals surface area contributed by atoms with E-state index in [0.29, 0.717) is 0 Å². The van der Waals surface area contributed by atoms with Crippen molar-refractivity contribution in [1.29, 1.82) is 0 Å². The summed E-state index contributed by atoms with van der Waals surface area (Å²) in [7, 11) is 0. The first-order valence-electron chi connectivity index (χ1n) is 5.53. The van der Waals surface area contributed by atoms with Crippen LogP contribution in [0.2, 0.25) is 0 Å². The van der Waals surface area contributed by atoms with Gasteiger partial charge in [0.05, 0.1) is 6.54 Å². The van der Waals surface area contributed by atoms with Crippen molar-refractivity contribution < 1.29 is 23.2 Å². The molecule has 0 spiro atoms. The molecule has 6 nitrogen and oxygen atoms in total. The van der Waals surface area contributed by atoms with Crippen LogP contribution in [0.15, 0.2) is 5.16 Å². The van der Waals surface area contributed by atoms with Gasteiger partial charge < -0.3 is 21.6 Å². The van der Waals surface area contributed by atoms with Crippen LogP contribution >= 0.6 is 0 Å². The third-order valence-electron chi connectivity index (χ3n) is 2.02. The predicted molar refractivity (Wildman–Crippen MR) is 63.7 cm³/mol. The van der Waals surface area contributed by atoms with Crippen LogP contribution in [0, 0.1) is 5.92 Å². The molecule has 5 N–H and O–H groups in total. The van der Waals surface area contributed by atoms with E-state index >= 15 is 0 Å². The predicted octanol–water partition coefficient (Wildman–Crippen LogP) is 0.416. The summed E-state index contributed by atoms with van der Waals surface area (Å²) in [5.74, 6) is -3.52. The highest BCUT2D eigenvalue weighted by atomic mass is 19.4. The van der Waals surface area contributed by atoms with Crippen molar-refractivity contribution in [2.24, 2.45) is 16.8 Å². The SMILES string of the molecule is CC(C)(C)NC(=O)CNCC(C(N)=NO)C(F)(F)F. The highest BCUT2D eigenvalue weighted by Gasteiger charge is 2.42. The van der Waals surface area contributed by atoms with Crippen LogP contribution in [-0.4, -0.2) is 41.8 Å². The van der Waals surface area contributed by atoms with E-state index in [4.69, 9.17) is 10.9 Å². The molecule has 1 amide bonds. The van der Waals surface area contributed by atoms with E-state index in [9.17, 15) is 18.0 Å². The fraction of sp³-hybridized carbons (Fsp3) is 0.800. The molecule has 0 radical (unpaired) electrons. The lowest BCUT2D eigenvalue weighted by molar-refractivity contribution is -0.155. The minimum atomic E-state index is -4.65. The molecule has 0 aliphatic carbocycles. The Hall–Kier alpha value is -1.51. The molecule has 0 heterocycles. The van der Waals surface area contributed by atoms with Gasteiger partial charge in [-0.25, -0.2) is 0 Å². The molecule has 1 unspecified atom stereocenters. The van der Waals surface area contributed by atoms with E-state index in [1.165, 1.54) is 0 Å². The van der Waals surface area contributed by atoms with Crippen LogP contribution in [-0.2, 0) is 4.79 Å². The molecule has 0 aliphatic rings. The van der Waals surface area contributed by atoms with E-state index in [1.807, 2.05) is 0 Å². The largest absolute Gasteiger partial charge is 0.409 e. The zero-order chi connectivity index (χ0) is 15.3. The van der Waals surface area contributed by atoms with Crippen molar-refractivity contribution >= 4 is 11.7 Å². The molecule has 0 aliphatic heterocycles. The van der Waals surface area contributed by atoms with Crippen molar-refractivity contribution in [3.05, 3.63) is 0 Å². The minimum absolute atomic E-state index is 0.289. The van der Waals surface area contributed by atoms with E-state index < -0.39 is 35.9 Å². The summed E-state index contributed by atoms with van der Waals surface area (Å²) in [6.45, 7) is 4.32. The molecule has 0 bridgehead atoms. The van der Waals surface area contributed by atoms with E-state index in [1.54, 1.807) is 20.8 Å². The van der Waals surface area contributed by atoms with Crippen LogP contribution in [0.5, 0.6) is 0 Å². The van der Waals surface area contributed by atoms with Gasteiger partial charge in [0.25, 0.3) is 0 Å². The number of oxime groups is 1. The molecule has 19 heavy (non-hydrogen) atoms. The second-order valence-corrected chi connectivity index (χ2v) is 5.05. The Morgan fingerprint density at radius 3 is 2.26 bits per heavy atom. The first kappa shape index (κ1) is 17.5. The average molecular weight is 284 g/mol. The smallest absolute Gasteiger partial charge is 0.400 e. The molecule has 1 atom stereocenters. The van der Waals surface area contributed by atoms with Crippen LogP contribution in [0.1, 0.15) is 20.8 Å². The molecule has 0 aromatic carbocycles. The van der Waals surface area contributed by atoms with E-state index in [0.717, 1.165) is 0 Å². The van der Waals surface area contributed by atoms with Crippen molar-refractivity contribution in [2.75, 3.05) is 13.1 Å². The first-order valence-corrected chi connectivity index (χ1v) is 5.53. The third-order valence-corrected chi connectivity index (χ3v) is 2.02. The molecular formula is C10H19F3N4O2. The third kappa shape index (κ3) is 7.50. The Morgan fingerprint density at radius 2 is 1.89 bits per heavy atom. The summed E-state index contributed by atoms with van der Waals surface area (Å²) in [6.07, 6.45) is -4.65. The number of halogens is 3. The van der Waals surface area contributed by atoms with Gasteiger partial charge >= 0.3 is 6.18 Å². The van der Waals surface area contributed by atoms with Crippen LogP contribution in [0.3, 0.4) is 0 Å². The standard InChI is InChI=1S/C10H19F3N4O2/c1-9(2,3)16-7(18)5-15-4-6(8(14)17-19)10(11,12)13/h6,15,19H,4-5H2,1-3H3,(H2,14,17)(H,16,18). The molecule has 0 aromatic heterocycles. The molecule has 112 valence electrons. The van der Waals surface area contributed by atoms with Gasteiger partial charge in [0.1, 0.15) is 5.92 Å². The maximum atomic E-state index is 12.5. The van der Waals surface area contributed by atoms with Crippen LogP contribution < -0.4 is 16.4 Å². The molecule has 0 saturated heterocycles. The lowest BCUT2D eigenvalue weighted by Gasteiger charge is -2.22. The number of amidine groups is 1. The fourth-order valence-electron chi connectivity index (χ4n) is 1.25. The Labute approximate surface area is 109 Å². The number of hydrogen-bond donors (Lipinski definition) is 4. The average Bonchev–Trinajstić information content (AvgIpc) is 2.19. The number of nitrogens with two attached hydrogens (primary N) is 1. The summed E-state index contributed by atoms with van der Waals surface area (Å²) in [5.41, 5.74) is 4.50. The number of rotatable bonds is 5. The monoisotopic (exact) mass is 284 g/mol. The lowest BCUT2D eigenvalue weighted by atomic mass is 10.1. The number of amides is 1. The van der Waals surface area contributed by atoms with Crippen molar-refractivity contribution in [1.82, 2.24) is 10.6 Å². The molecular weight excluding hydrogens is 265 g/mol. The zero-order valence-electron chi connectivity index (χ0n) is 11.0. The van der Waals surface area contributed by atoms with Gasteiger partial charge in [0.15, 0.2) is 5.84 Å². The quantitative estimate of drug-likeness (QED) is 0.254. The van der Waals surface area contributed by atoms with E-state index in [-0.39, 0.29) is 6.54 Å². The molecule has 0 aromatic rings. The fourth-order valence-corrected chi connectivity index (χ4v) is 1.25. The number of carbonyl (C=O) groups is 1. The maximum absolute atomic E-state index is 12.5. The molecule has 9 heteroatoms. The molecule has 0 fully saturated rings. The highest BCUT2D eigenvalue weighted by molar-refractivity contribution is 5.83. The first-order chi connectivity index (χ1) is 8.47. The number of alkyl halides is 3. The zero-order valence-corrected chi connectivity index (χ0v) is 11.0. The summed E-state index contributed by atoms with van der Waals surface area (Å²) in [4.78, 5) is 11.4. The number of nitrogens with one attached hydrogen (secondary N) is 2. The van der Waals surface area contributed by atoms with Crippen LogP contribution in [0.4, 0.5) is 13.2 Å². The van der Waals surface area contributed by atoms with Gasteiger partial charge in [-0.3, -0.25) is 4.79 Å².